The summed E-state index contributed by atoms with van der Waals surface area (Å²) in [6.45, 7) is 2.45. The molecule has 0 radical (unpaired) electrons. The fourth-order valence-corrected chi connectivity index (χ4v) is 5.18. The first kappa shape index (κ1) is 25.3. The molecule has 0 fully saturated rings. The second kappa shape index (κ2) is 11.8. The second-order valence-electron chi connectivity index (χ2n) is 7.99. The lowest BCUT2D eigenvalue weighted by atomic mass is 10.2. The van der Waals surface area contributed by atoms with Gasteiger partial charge in [-0.1, -0.05) is 30.3 Å². The van der Waals surface area contributed by atoms with Gasteiger partial charge in [0.15, 0.2) is 0 Å². The molecule has 6 nitrogen and oxygen atoms in total. The van der Waals surface area contributed by atoms with Gasteiger partial charge in [-0.3, -0.25) is 9.52 Å². The standard InChI is InChI=1S/C28H26N2O4S2/c1-21-6-5-7-24(20-21)30-36(32,33)27-16-12-23(13-17-27)29-28(31)22-10-14-25(15-11-22)34-18-19-35-26-8-3-2-4-9-26/h2-17,20,30H,18-19H2,1H3,(H,29,31). The van der Waals surface area contributed by atoms with Crippen molar-refractivity contribution in [2.75, 3.05) is 22.4 Å². The number of nitrogens with one attached hydrogen (secondary N) is 2. The Kier molecular flexibility index (Phi) is 8.30. The molecule has 0 aliphatic carbocycles. The third-order valence-corrected chi connectivity index (χ3v) is 7.55. The van der Waals surface area contributed by atoms with Crippen LogP contribution in [-0.2, 0) is 10.0 Å². The SMILES string of the molecule is Cc1cccc(NS(=O)(=O)c2ccc(NC(=O)c3ccc(OCCSc4ccccc4)cc3)cc2)c1. The fraction of sp³-hybridized carbons (Fsp3) is 0.107. The molecule has 2 N–H and O–H groups in total. The number of ether oxygens (including phenoxy) is 1. The van der Waals surface area contributed by atoms with E-state index in [-0.39, 0.29) is 10.8 Å². The average molecular weight is 519 g/mol. The van der Waals surface area contributed by atoms with E-state index >= 15 is 0 Å². The number of rotatable bonds is 10. The molecule has 4 aromatic rings. The number of hydrogen-bond acceptors (Lipinski definition) is 5. The van der Waals surface area contributed by atoms with Crippen molar-refractivity contribution in [3.05, 3.63) is 114 Å². The van der Waals surface area contributed by atoms with Crippen molar-refractivity contribution in [2.24, 2.45) is 0 Å². The van der Waals surface area contributed by atoms with Crippen LogP contribution in [0.15, 0.2) is 113 Å². The number of carbonyl (C=O) groups excluding carboxylic acids is 1. The summed E-state index contributed by atoms with van der Waals surface area (Å²) in [7, 11) is -3.74. The predicted octanol–water partition coefficient (Wildman–Crippen LogP) is 6.22. The van der Waals surface area contributed by atoms with Gasteiger partial charge in [-0.05, 0) is 85.3 Å². The largest absolute Gasteiger partial charge is 0.493 e. The summed E-state index contributed by atoms with van der Waals surface area (Å²) in [5.74, 6) is 1.21. The van der Waals surface area contributed by atoms with Crippen LogP contribution in [0.5, 0.6) is 5.75 Å². The first-order valence-electron chi connectivity index (χ1n) is 11.3. The summed E-state index contributed by atoms with van der Waals surface area (Å²) in [6, 6.07) is 30.2. The van der Waals surface area contributed by atoms with E-state index in [1.807, 2.05) is 31.2 Å². The molecule has 0 aromatic heterocycles. The summed E-state index contributed by atoms with van der Waals surface area (Å²) in [5, 5.41) is 2.79. The van der Waals surface area contributed by atoms with Crippen LogP contribution in [0.25, 0.3) is 0 Å². The van der Waals surface area contributed by atoms with Gasteiger partial charge in [-0.15, -0.1) is 11.8 Å². The van der Waals surface area contributed by atoms with Crippen molar-refractivity contribution in [3.63, 3.8) is 0 Å². The smallest absolute Gasteiger partial charge is 0.261 e. The third kappa shape index (κ3) is 7.13. The lowest BCUT2D eigenvalue weighted by molar-refractivity contribution is 0.102. The van der Waals surface area contributed by atoms with Crippen molar-refractivity contribution in [1.82, 2.24) is 0 Å². The van der Waals surface area contributed by atoms with Gasteiger partial charge < -0.3 is 10.1 Å². The van der Waals surface area contributed by atoms with E-state index in [2.05, 4.69) is 22.2 Å². The molecule has 36 heavy (non-hydrogen) atoms. The Labute approximate surface area is 215 Å². The molecule has 0 spiro atoms. The molecular weight excluding hydrogens is 492 g/mol. The Hall–Kier alpha value is -3.75. The molecule has 0 bridgehead atoms. The Morgan fingerprint density at radius 2 is 1.56 bits per heavy atom. The van der Waals surface area contributed by atoms with E-state index in [9.17, 15) is 13.2 Å². The highest BCUT2D eigenvalue weighted by molar-refractivity contribution is 7.99. The van der Waals surface area contributed by atoms with E-state index in [1.165, 1.54) is 17.0 Å². The summed E-state index contributed by atoms with van der Waals surface area (Å²) in [6.07, 6.45) is 0. The van der Waals surface area contributed by atoms with Crippen molar-refractivity contribution in [1.29, 1.82) is 0 Å². The molecule has 1 amide bonds. The van der Waals surface area contributed by atoms with Crippen molar-refractivity contribution >= 4 is 39.1 Å². The lowest BCUT2D eigenvalue weighted by Crippen LogP contribution is -2.14. The van der Waals surface area contributed by atoms with Crippen LogP contribution in [0.4, 0.5) is 11.4 Å². The molecule has 0 unspecified atom stereocenters. The Balaban J connectivity index is 1.29. The van der Waals surface area contributed by atoms with E-state index in [4.69, 9.17) is 4.74 Å². The molecule has 0 saturated carbocycles. The minimum absolute atomic E-state index is 0.105. The van der Waals surface area contributed by atoms with Crippen LogP contribution in [0.1, 0.15) is 15.9 Å². The number of amides is 1. The third-order valence-electron chi connectivity index (χ3n) is 5.17. The van der Waals surface area contributed by atoms with Gasteiger partial charge in [0.05, 0.1) is 11.5 Å². The zero-order chi connectivity index (χ0) is 25.4. The summed E-state index contributed by atoms with van der Waals surface area (Å²) in [5.41, 5.74) is 2.41. The number of carbonyl (C=O) groups is 1. The average Bonchev–Trinajstić information content (AvgIpc) is 2.88. The van der Waals surface area contributed by atoms with Gasteiger partial charge in [0.2, 0.25) is 0 Å². The predicted molar refractivity (Wildman–Crippen MR) is 145 cm³/mol. The van der Waals surface area contributed by atoms with Crippen LogP contribution in [-0.4, -0.2) is 26.7 Å². The monoisotopic (exact) mass is 518 g/mol. The number of benzene rings is 4. The maximum atomic E-state index is 12.7. The molecule has 0 atom stereocenters. The molecular formula is C28H26N2O4S2. The quantitative estimate of drug-likeness (QED) is 0.192. The first-order chi connectivity index (χ1) is 17.4. The first-order valence-corrected chi connectivity index (χ1v) is 13.8. The number of anilines is 2. The minimum Gasteiger partial charge on any atom is -0.493 e. The lowest BCUT2D eigenvalue weighted by Gasteiger charge is -2.10. The second-order valence-corrected chi connectivity index (χ2v) is 10.8. The zero-order valence-electron chi connectivity index (χ0n) is 19.7. The Morgan fingerprint density at radius 1 is 0.833 bits per heavy atom. The van der Waals surface area contributed by atoms with Crippen LogP contribution in [0.2, 0.25) is 0 Å². The van der Waals surface area contributed by atoms with Gasteiger partial charge in [-0.25, -0.2) is 8.42 Å². The zero-order valence-corrected chi connectivity index (χ0v) is 21.3. The van der Waals surface area contributed by atoms with Crippen molar-refractivity contribution < 1.29 is 17.9 Å². The Bertz CT molecular complexity index is 1410. The number of hydrogen-bond donors (Lipinski definition) is 2. The van der Waals surface area contributed by atoms with Crippen molar-refractivity contribution in [3.8, 4) is 5.75 Å². The van der Waals surface area contributed by atoms with E-state index < -0.39 is 10.0 Å². The molecule has 8 heteroatoms. The van der Waals surface area contributed by atoms with Gasteiger partial charge >= 0.3 is 0 Å². The van der Waals surface area contributed by atoms with Crippen LogP contribution >= 0.6 is 11.8 Å². The van der Waals surface area contributed by atoms with Crippen LogP contribution in [0.3, 0.4) is 0 Å². The normalized spacial score (nSPS) is 11.0. The van der Waals surface area contributed by atoms with E-state index in [0.717, 1.165) is 11.3 Å². The van der Waals surface area contributed by atoms with Crippen LogP contribution < -0.4 is 14.8 Å². The van der Waals surface area contributed by atoms with Gasteiger partial charge in [0.1, 0.15) is 5.75 Å². The molecule has 0 aliphatic heterocycles. The van der Waals surface area contributed by atoms with E-state index in [1.54, 1.807) is 66.4 Å². The molecule has 4 aromatic carbocycles. The minimum atomic E-state index is -3.74. The maximum Gasteiger partial charge on any atom is 0.261 e. The maximum absolute atomic E-state index is 12.7. The van der Waals surface area contributed by atoms with E-state index in [0.29, 0.717) is 29.3 Å². The summed E-state index contributed by atoms with van der Waals surface area (Å²) in [4.78, 5) is 13.9. The molecule has 0 heterocycles. The summed E-state index contributed by atoms with van der Waals surface area (Å²) >= 11 is 1.72. The molecule has 0 aliphatic rings. The molecule has 0 saturated heterocycles. The topological polar surface area (TPSA) is 84.5 Å². The number of sulfonamides is 1. The fourth-order valence-electron chi connectivity index (χ4n) is 3.38. The number of thioether (sulfide) groups is 1. The summed E-state index contributed by atoms with van der Waals surface area (Å²) < 4.78 is 33.6. The van der Waals surface area contributed by atoms with Gasteiger partial charge in [0.25, 0.3) is 15.9 Å². The molecule has 184 valence electrons. The van der Waals surface area contributed by atoms with Gasteiger partial charge in [-0.2, -0.15) is 0 Å². The highest BCUT2D eigenvalue weighted by atomic mass is 32.2. The van der Waals surface area contributed by atoms with Crippen LogP contribution in [0, 0.1) is 6.92 Å². The van der Waals surface area contributed by atoms with Crippen molar-refractivity contribution in [2.45, 2.75) is 16.7 Å². The number of aryl methyl sites for hydroxylation is 1. The Morgan fingerprint density at radius 3 is 2.25 bits per heavy atom. The molecule has 4 rings (SSSR count). The highest BCUT2D eigenvalue weighted by Crippen LogP contribution is 2.21. The van der Waals surface area contributed by atoms with Gasteiger partial charge in [0, 0.05) is 27.6 Å². The highest BCUT2D eigenvalue weighted by Gasteiger charge is 2.15.